The molecule has 0 spiro atoms. The molecule has 0 aliphatic rings. The van der Waals surface area contributed by atoms with Crippen LogP contribution in [0.25, 0.3) is 0 Å². The number of aromatic nitrogens is 2. The predicted molar refractivity (Wildman–Crippen MR) is 88.9 cm³/mol. The Morgan fingerprint density at radius 1 is 1.41 bits per heavy atom. The van der Waals surface area contributed by atoms with Crippen molar-refractivity contribution in [2.75, 3.05) is 7.05 Å². The van der Waals surface area contributed by atoms with Gasteiger partial charge in [-0.3, -0.25) is 4.98 Å². The molecule has 0 bridgehead atoms. The monoisotopic (exact) mass is 318 g/mol. The number of carbonyl (C=O) groups is 1. The van der Waals surface area contributed by atoms with E-state index in [2.05, 4.69) is 29.1 Å². The summed E-state index contributed by atoms with van der Waals surface area (Å²) in [5.41, 5.74) is 1.92. The smallest absolute Gasteiger partial charge is 0.317 e. The van der Waals surface area contributed by atoms with Gasteiger partial charge in [-0.15, -0.1) is 11.3 Å². The van der Waals surface area contributed by atoms with Crippen LogP contribution >= 0.6 is 11.3 Å². The maximum absolute atomic E-state index is 12.2. The van der Waals surface area contributed by atoms with Crippen LogP contribution in [0.3, 0.4) is 0 Å². The van der Waals surface area contributed by atoms with Gasteiger partial charge >= 0.3 is 6.03 Å². The van der Waals surface area contributed by atoms with E-state index in [9.17, 15) is 4.79 Å². The SMILES string of the molecule is CC(C)c1nc(CNC(=O)N(C)C(C)c2cccnc2)cs1. The fraction of sp³-hybridized carbons (Fsp3) is 0.438. The molecule has 2 aromatic heterocycles. The molecule has 0 aliphatic carbocycles. The van der Waals surface area contributed by atoms with Crippen LogP contribution in [0.1, 0.15) is 49.0 Å². The molecular weight excluding hydrogens is 296 g/mol. The highest BCUT2D eigenvalue weighted by atomic mass is 32.1. The molecule has 1 N–H and O–H groups in total. The largest absolute Gasteiger partial charge is 0.332 e. The maximum Gasteiger partial charge on any atom is 0.317 e. The molecule has 0 aliphatic heterocycles. The van der Waals surface area contributed by atoms with E-state index in [1.165, 1.54) is 0 Å². The molecule has 6 heteroatoms. The minimum atomic E-state index is -0.115. The van der Waals surface area contributed by atoms with Crippen LogP contribution < -0.4 is 5.32 Å². The van der Waals surface area contributed by atoms with Crippen molar-refractivity contribution in [2.45, 2.75) is 39.3 Å². The van der Waals surface area contributed by atoms with E-state index < -0.39 is 0 Å². The summed E-state index contributed by atoms with van der Waals surface area (Å²) in [6.45, 7) is 6.66. The summed E-state index contributed by atoms with van der Waals surface area (Å²) in [4.78, 5) is 22.5. The van der Waals surface area contributed by atoms with Gasteiger partial charge in [0.15, 0.2) is 0 Å². The highest BCUT2D eigenvalue weighted by Gasteiger charge is 2.17. The highest BCUT2D eigenvalue weighted by Crippen LogP contribution is 2.20. The Hall–Kier alpha value is -1.95. The Labute approximate surface area is 135 Å². The molecule has 1 atom stereocenters. The van der Waals surface area contributed by atoms with E-state index in [-0.39, 0.29) is 12.1 Å². The quantitative estimate of drug-likeness (QED) is 0.917. The lowest BCUT2D eigenvalue weighted by atomic mass is 10.1. The van der Waals surface area contributed by atoms with Crippen LogP contribution in [0.4, 0.5) is 4.79 Å². The summed E-state index contributed by atoms with van der Waals surface area (Å²) in [6.07, 6.45) is 3.51. The van der Waals surface area contributed by atoms with E-state index in [0.717, 1.165) is 16.3 Å². The van der Waals surface area contributed by atoms with E-state index in [0.29, 0.717) is 12.5 Å². The molecule has 2 rings (SSSR count). The molecule has 2 heterocycles. The van der Waals surface area contributed by atoms with Crippen LogP contribution in [0.5, 0.6) is 0 Å². The zero-order valence-corrected chi connectivity index (χ0v) is 14.2. The number of hydrogen-bond acceptors (Lipinski definition) is 4. The second-order valence-electron chi connectivity index (χ2n) is 5.56. The van der Waals surface area contributed by atoms with E-state index in [1.54, 1.807) is 35.7 Å². The first-order chi connectivity index (χ1) is 10.5. The number of pyridine rings is 1. The summed E-state index contributed by atoms with van der Waals surface area (Å²) < 4.78 is 0. The third kappa shape index (κ3) is 4.04. The van der Waals surface area contributed by atoms with Gasteiger partial charge in [-0.05, 0) is 18.6 Å². The van der Waals surface area contributed by atoms with Crippen molar-refractivity contribution < 1.29 is 4.79 Å². The first-order valence-electron chi connectivity index (χ1n) is 7.34. The van der Waals surface area contributed by atoms with E-state index in [1.807, 2.05) is 24.4 Å². The molecule has 2 amide bonds. The summed E-state index contributed by atoms with van der Waals surface area (Å²) in [6, 6.07) is 3.70. The Morgan fingerprint density at radius 2 is 2.18 bits per heavy atom. The molecule has 0 radical (unpaired) electrons. The number of thiazole rings is 1. The van der Waals surface area contributed by atoms with Crippen molar-refractivity contribution >= 4 is 17.4 Å². The lowest BCUT2D eigenvalue weighted by Gasteiger charge is -2.25. The Balaban J connectivity index is 1.91. The van der Waals surface area contributed by atoms with Crippen molar-refractivity contribution in [1.29, 1.82) is 0 Å². The second-order valence-corrected chi connectivity index (χ2v) is 6.45. The number of nitrogens with zero attached hydrogens (tertiary/aromatic N) is 3. The molecule has 0 fully saturated rings. The van der Waals surface area contributed by atoms with Gasteiger partial charge in [0.05, 0.1) is 23.3 Å². The van der Waals surface area contributed by atoms with Gasteiger partial charge in [-0.2, -0.15) is 0 Å². The number of amides is 2. The van der Waals surface area contributed by atoms with Crippen molar-refractivity contribution in [2.24, 2.45) is 0 Å². The standard InChI is InChI=1S/C16H22N4OS/c1-11(2)15-19-14(10-22-15)9-18-16(21)20(4)12(3)13-6-5-7-17-8-13/h5-8,10-12H,9H2,1-4H3,(H,18,21). The summed E-state index contributed by atoms with van der Waals surface area (Å²) in [5, 5.41) is 6.01. The molecule has 22 heavy (non-hydrogen) atoms. The first kappa shape index (κ1) is 16.4. The molecule has 0 aromatic carbocycles. The minimum absolute atomic E-state index is 0.0321. The van der Waals surface area contributed by atoms with Crippen LogP contribution in [0.2, 0.25) is 0 Å². The molecule has 2 aromatic rings. The van der Waals surface area contributed by atoms with Crippen LogP contribution in [0.15, 0.2) is 29.9 Å². The fourth-order valence-electron chi connectivity index (χ4n) is 1.98. The molecule has 0 saturated heterocycles. The zero-order chi connectivity index (χ0) is 16.1. The maximum atomic E-state index is 12.2. The molecule has 118 valence electrons. The summed E-state index contributed by atoms with van der Waals surface area (Å²) >= 11 is 1.64. The van der Waals surface area contributed by atoms with Crippen LogP contribution in [-0.4, -0.2) is 27.9 Å². The van der Waals surface area contributed by atoms with Gasteiger partial charge in [0.1, 0.15) is 0 Å². The van der Waals surface area contributed by atoms with Crippen LogP contribution in [0, 0.1) is 0 Å². The topological polar surface area (TPSA) is 58.1 Å². The number of nitrogens with one attached hydrogen (secondary N) is 1. The van der Waals surface area contributed by atoms with Gasteiger partial charge in [-0.1, -0.05) is 19.9 Å². The molecule has 1 unspecified atom stereocenters. The fourth-order valence-corrected chi connectivity index (χ4v) is 2.82. The minimum Gasteiger partial charge on any atom is -0.332 e. The summed E-state index contributed by atoms with van der Waals surface area (Å²) in [5.74, 6) is 0.419. The third-order valence-electron chi connectivity index (χ3n) is 3.55. The average molecular weight is 318 g/mol. The number of urea groups is 1. The van der Waals surface area contributed by atoms with Crippen molar-refractivity contribution in [3.05, 3.63) is 46.2 Å². The van der Waals surface area contributed by atoms with Crippen molar-refractivity contribution in [3.63, 3.8) is 0 Å². The molecule has 0 saturated carbocycles. The number of hydrogen-bond donors (Lipinski definition) is 1. The summed E-state index contributed by atoms with van der Waals surface area (Å²) in [7, 11) is 1.79. The van der Waals surface area contributed by atoms with Gasteiger partial charge in [0.25, 0.3) is 0 Å². The zero-order valence-electron chi connectivity index (χ0n) is 13.4. The van der Waals surface area contributed by atoms with Gasteiger partial charge in [-0.25, -0.2) is 9.78 Å². The molecular formula is C16H22N4OS. The van der Waals surface area contributed by atoms with Gasteiger partial charge < -0.3 is 10.2 Å². The average Bonchev–Trinajstić information content (AvgIpc) is 3.01. The number of rotatable bonds is 5. The van der Waals surface area contributed by atoms with Crippen molar-refractivity contribution in [3.8, 4) is 0 Å². The predicted octanol–water partition coefficient (Wildman–Crippen LogP) is 3.56. The van der Waals surface area contributed by atoms with Gasteiger partial charge in [0, 0.05) is 30.7 Å². The van der Waals surface area contributed by atoms with Crippen molar-refractivity contribution in [1.82, 2.24) is 20.2 Å². The second kappa shape index (κ2) is 7.35. The first-order valence-corrected chi connectivity index (χ1v) is 8.22. The lowest BCUT2D eigenvalue weighted by molar-refractivity contribution is 0.194. The Bertz CT molecular complexity index is 612. The lowest BCUT2D eigenvalue weighted by Crippen LogP contribution is -2.38. The normalized spacial score (nSPS) is 12.2. The highest BCUT2D eigenvalue weighted by molar-refractivity contribution is 7.09. The van der Waals surface area contributed by atoms with E-state index in [4.69, 9.17) is 0 Å². The van der Waals surface area contributed by atoms with E-state index >= 15 is 0 Å². The van der Waals surface area contributed by atoms with Crippen LogP contribution in [-0.2, 0) is 6.54 Å². The molecule has 5 nitrogen and oxygen atoms in total. The third-order valence-corrected chi connectivity index (χ3v) is 4.75. The Kier molecular flexibility index (Phi) is 5.49. The Morgan fingerprint density at radius 3 is 2.77 bits per heavy atom. The number of carbonyl (C=O) groups excluding carboxylic acids is 1. The van der Waals surface area contributed by atoms with Gasteiger partial charge in [0.2, 0.25) is 0 Å².